The number of likely N-dealkylation sites (tertiary alicyclic amines) is 1. The maximum absolute atomic E-state index is 4.36. The second kappa shape index (κ2) is 5.12. The van der Waals surface area contributed by atoms with Crippen molar-refractivity contribution in [1.29, 1.82) is 0 Å². The minimum absolute atomic E-state index is 0.624. The standard InChI is InChI=1S/C11H18BrN3/c1-2-14-5-3-4-11(8-14)15-7-10(6-12)13-9-15/h7,9,11H,2-6,8H2,1H3. The summed E-state index contributed by atoms with van der Waals surface area (Å²) in [5.41, 5.74) is 1.13. The van der Waals surface area contributed by atoms with Crippen molar-refractivity contribution in [2.75, 3.05) is 19.6 Å². The van der Waals surface area contributed by atoms with Crippen molar-refractivity contribution < 1.29 is 0 Å². The highest BCUT2D eigenvalue weighted by Gasteiger charge is 2.19. The van der Waals surface area contributed by atoms with Gasteiger partial charge in [-0.2, -0.15) is 0 Å². The molecule has 1 atom stereocenters. The number of likely N-dealkylation sites (N-methyl/N-ethyl adjacent to an activating group) is 1. The molecular weight excluding hydrogens is 254 g/mol. The Labute approximate surface area is 99.6 Å². The minimum atomic E-state index is 0.624. The lowest BCUT2D eigenvalue weighted by molar-refractivity contribution is 0.185. The van der Waals surface area contributed by atoms with E-state index in [4.69, 9.17) is 0 Å². The van der Waals surface area contributed by atoms with Crippen LogP contribution in [0.5, 0.6) is 0 Å². The fourth-order valence-electron chi connectivity index (χ4n) is 2.21. The fourth-order valence-corrected chi connectivity index (χ4v) is 2.50. The van der Waals surface area contributed by atoms with Crippen molar-refractivity contribution in [3.63, 3.8) is 0 Å². The first-order valence-corrected chi connectivity index (χ1v) is 6.76. The number of hydrogen-bond donors (Lipinski definition) is 0. The molecule has 1 aliphatic rings. The molecule has 0 N–H and O–H groups in total. The zero-order valence-electron chi connectivity index (χ0n) is 9.19. The van der Waals surface area contributed by atoms with Crippen LogP contribution in [0.3, 0.4) is 0 Å². The quantitative estimate of drug-likeness (QED) is 0.788. The van der Waals surface area contributed by atoms with Gasteiger partial charge in [0.25, 0.3) is 0 Å². The summed E-state index contributed by atoms with van der Waals surface area (Å²) in [6.07, 6.45) is 6.73. The highest BCUT2D eigenvalue weighted by molar-refractivity contribution is 9.08. The van der Waals surface area contributed by atoms with Crippen molar-refractivity contribution in [3.05, 3.63) is 18.2 Å². The van der Waals surface area contributed by atoms with Gasteiger partial charge >= 0.3 is 0 Å². The van der Waals surface area contributed by atoms with E-state index in [9.17, 15) is 0 Å². The zero-order chi connectivity index (χ0) is 10.7. The molecule has 4 heteroatoms. The second-order valence-electron chi connectivity index (χ2n) is 4.14. The highest BCUT2D eigenvalue weighted by Crippen LogP contribution is 2.21. The van der Waals surface area contributed by atoms with Crippen molar-refractivity contribution in [1.82, 2.24) is 14.5 Å². The van der Waals surface area contributed by atoms with Crippen molar-refractivity contribution >= 4 is 15.9 Å². The van der Waals surface area contributed by atoms with Crippen LogP contribution in [-0.4, -0.2) is 34.1 Å². The molecule has 2 heterocycles. The molecule has 1 aromatic rings. The number of nitrogens with zero attached hydrogens (tertiary/aromatic N) is 3. The lowest BCUT2D eigenvalue weighted by atomic mass is 10.1. The molecule has 0 spiro atoms. The summed E-state index contributed by atoms with van der Waals surface area (Å²) in [6, 6.07) is 0.624. The van der Waals surface area contributed by atoms with Crippen LogP contribution in [0.4, 0.5) is 0 Å². The third kappa shape index (κ3) is 2.61. The van der Waals surface area contributed by atoms with Gasteiger partial charge in [0.15, 0.2) is 0 Å². The maximum atomic E-state index is 4.36. The van der Waals surface area contributed by atoms with E-state index >= 15 is 0 Å². The predicted octanol–water partition coefficient (Wildman–Crippen LogP) is 2.43. The normalized spacial score (nSPS) is 23.2. The van der Waals surface area contributed by atoms with E-state index in [-0.39, 0.29) is 0 Å². The number of imidazole rings is 1. The van der Waals surface area contributed by atoms with Crippen LogP contribution in [0, 0.1) is 0 Å². The third-order valence-corrected chi connectivity index (χ3v) is 3.72. The van der Waals surface area contributed by atoms with Crippen LogP contribution in [-0.2, 0) is 5.33 Å². The molecule has 3 nitrogen and oxygen atoms in total. The molecule has 0 amide bonds. The van der Waals surface area contributed by atoms with Gasteiger partial charge < -0.3 is 9.47 Å². The Balaban J connectivity index is 2.03. The van der Waals surface area contributed by atoms with Gasteiger partial charge in [0, 0.05) is 24.1 Å². The summed E-state index contributed by atoms with van der Waals surface area (Å²) >= 11 is 3.43. The number of halogens is 1. The second-order valence-corrected chi connectivity index (χ2v) is 4.70. The first kappa shape index (κ1) is 11.1. The highest BCUT2D eigenvalue weighted by atomic mass is 79.9. The number of rotatable bonds is 3. The van der Waals surface area contributed by atoms with Gasteiger partial charge in [0.1, 0.15) is 0 Å². The average molecular weight is 272 g/mol. The molecule has 0 radical (unpaired) electrons. The lowest BCUT2D eigenvalue weighted by Crippen LogP contribution is -2.36. The smallest absolute Gasteiger partial charge is 0.0952 e. The van der Waals surface area contributed by atoms with Crippen LogP contribution < -0.4 is 0 Å². The number of aromatic nitrogens is 2. The first-order valence-electron chi connectivity index (χ1n) is 5.64. The Bertz CT molecular complexity index is 311. The SMILES string of the molecule is CCN1CCCC(n2cnc(CBr)c2)C1. The van der Waals surface area contributed by atoms with E-state index in [1.54, 1.807) is 0 Å². The Hall–Kier alpha value is -0.350. The fraction of sp³-hybridized carbons (Fsp3) is 0.727. The molecule has 2 rings (SSSR count). The van der Waals surface area contributed by atoms with Crippen LogP contribution in [0.2, 0.25) is 0 Å². The molecule has 1 saturated heterocycles. The summed E-state index contributed by atoms with van der Waals surface area (Å²) in [5.74, 6) is 0. The van der Waals surface area contributed by atoms with E-state index in [2.05, 4.69) is 43.5 Å². The number of hydrogen-bond acceptors (Lipinski definition) is 2. The van der Waals surface area contributed by atoms with Crippen LogP contribution >= 0.6 is 15.9 Å². The van der Waals surface area contributed by atoms with Gasteiger partial charge in [0.05, 0.1) is 12.0 Å². The van der Waals surface area contributed by atoms with E-state index in [0.29, 0.717) is 6.04 Å². The van der Waals surface area contributed by atoms with Crippen molar-refractivity contribution in [3.8, 4) is 0 Å². The average Bonchev–Trinajstić information content (AvgIpc) is 2.78. The predicted molar refractivity (Wildman–Crippen MR) is 65.2 cm³/mol. The van der Waals surface area contributed by atoms with E-state index in [1.807, 2.05) is 6.33 Å². The Morgan fingerprint density at radius 2 is 2.47 bits per heavy atom. The molecule has 0 bridgehead atoms. The summed E-state index contributed by atoms with van der Waals surface area (Å²) in [7, 11) is 0. The van der Waals surface area contributed by atoms with Crippen LogP contribution in [0.15, 0.2) is 12.5 Å². The minimum Gasteiger partial charge on any atom is -0.333 e. The molecule has 1 unspecified atom stereocenters. The Morgan fingerprint density at radius 1 is 1.60 bits per heavy atom. The molecule has 84 valence electrons. The van der Waals surface area contributed by atoms with E-state index in [0.717, 1.165) is 17.6 Å². The molecule has 1 aliphatic heterocycles. The van der Waals surface area contributed by atoms with Gasteiger partial charge in [-0.15, -0.1) is 0 Å². The summed E-state index contributed by atoms with van der Waals surface area (Å²) in [6.45, 7) is 5.83. The number of piperidine rings is 1. The lowest BCUT2D eigenvalue weighted by Gasteiger charge is -2.32. The van der Waals surface area contributed by atoms with Crippen LogP contribution in [0.25, 0.3) is 0 Å². The molecule has 1 aromatic heterocycles. The topological polar surface area (TPSA) is 21.1 Å². The van der Waals surface area contributed by atoms with Gasteiger partial charge in [-0.1, -0.05) is 22.9 Å². The van der Waals surface area contributed by atoms with Crippen molar-refractivity contribution in [2.24, 2.45) is 0 Å². The third-order valence-electron chi connectivity index (χ3n) is 3.14. The first-order chi connectivity index (χ1) is 7.33. The molecule has 0 aromatic carbocycles. The summed E-state index contributed by atoms with van der Waals surface area (Å²) < 4.78 is 2.28. The Kier molecular flexibility index (Phi) is 3.81. The largest absolute Gasteiger partial charge is 0.333 e. The van der Waals surface area contributed by atoms with E-state index < -0.39 is 0 Å². The van der Waals surface area contributed by atoms with E-state index in [1.165, 1.54) is 25.9 Å². The van der Waals surface area contributed by atoms with Crippen molar-refractivity contribution in [2.45, 2.75) is 31.1 Å². The molecule has 15 heavy (non-hydrogen) atoms. The number of alkyl halides is 1. The molecule has 0 aliphatic carbocycles. The van der Waals surface area contributed by atoms with Crippen LogP contribution in [0.1, 0.15) is 31.5 Å². The monoisotopic (exact) mass is 271 g/mol. The van der Waals surface area contributed by atoms with Gasteiger partial charge in [-0.3, -0.25) is 0 Å². The summed E-state index contributed by atoms with van der Waals surface area (Å²) in [4.78, 5) is 6.87. The molecule has 0 saturated carbocycles. The molecular formula is C11H18BrN3. The van der Waals surface area contributed by atoms with Gasteiger partial charge in [0.2, 0.25) is 0 Å². The van der Waals surface area contributed by atoms with Gasteiger partial charge in [-0.05, 0) is 25.9 Å². The molecule has 1 fully saturated rings. The zero-order valence-corrected chi connectivity index (χ0v) is 10.8. The van der Waals surface area contributed by atoms with Gasteiger partial charge in [-0.25, -0.2) is 4.98 Å². The Morgan fingerprint density at radius 3 is 3.13 bits per heavy atom. The summed E-state index contributed by atoms with van der Waals surface area (Å²) in [5, 5.41) is 0.851. The maximum Gasteiger partial charge on any atom is 0.0952 e.